The number of methoxy groups -OCH3 is 1. The van der Waals surface area contributed by atoms with E-state index in [-0.39, 0.29) is 34.2 Å². The molecule has 0 aromatic heterocycles. The van der Waals surface area contributed by atoms with Gasteiger partial charge in [0.05, 0.1) is 26.9 Å². The lowest BCUT2D eigenvalue weighted by Gasteiger charge is -2.46. The van der Waals surface area contributed by atoms with Gasteiger partial charge in [0.25, 0.3) is 0 Å². The second-order valence-electron chi connectivity index (χ2n) is 18.6. The summed E-state index contributed by atoms with van der Waals surface area (Å²) in [5.74, 6) is -3.74. The van der Waals surface area contributed by atoms with Crippen LogP contribution in [0.1, 0.15) is 11.1 Å². The molecule has 8 rings (SSSR count). The molecule has 5 heterocycles. The minimum atomic E-state index is -2.14. The zero-order valence-electron chi connectivity index (χ0n) is 40.8. The first-order valence-electron chi connectivity index (χ1n) is 24.1. The number of fused-ring (bicyclic) bond motifs is 1. The van der Waals surface area contributed by atoms with Crippen LogP contribution in [0.25, 0.3) is 11.8 Å². The van der Waals surface area contributed by atoms with E-state index >= 15 is 0 Å². The summed E-state index contributed by atoms with van der Waals surface area (Å²) in [6, 6.07) is 7.58. The van der Waals surface area contributed by atoms with Crippen LogP contribution < -0.4 is 9.47 Å². The van der Waals surface area contributed by atoms with Gasteiger partial charge in [0.2, 0.25) is 18.9 Å². The standard InChI is InChI=1S/C49H60O29/c1-68-26-8-17(2-6-23(26)71-46-41(65)37(61)33(57)28(13-50)74-46)3-7-32(56)69-16-31-36(60)40(64)45(78-48-43(67)39(63)35(59)30(15-52)76-48)49(77-31)73-27-12-20-24(70-44(27)18-4-5-21(54)22(55)9-18)10-19(53)11-25(20)72-47-42(66)38(62)34(58)29(14-51)75-47/h2-12,24,28-31,33-43,45-55,57-67H,13-16H2,1H3. The normalized spacial score (nSPS) is 38.0. The van der Waals surface area contributed by atoms with Gasteiger partial charge in [-0.3, -0.25) is 0 Å². The van der Waals surface area contributed by atoms with E-state index in [1.165, 1.54) is 49.6 Å². The van der Waals surface area contributed by atoms with Crippen LogP contribution >= 0.6 is 0 Å². The molecular formula is C49H60O29. The second-order valence-corrected chi connectivity index (χ2v) is 18.6. The molecule has 0 saturated carbocycles. The van der Waals surface area contributed by atoms with E-state index in [1.54, 1.807) is 0 Å². The Morgan fingerprint density at radius 1 is 0.577 bits per heavy atom. The molecule has 29 nitrogen and oxygen atoms in total. The number of rotatable bonds is 17. The molecule has 0 bridgehead atoms. The number of phenols is 2. The first kappa shape index (κ1) is 58.4. The number of ether oxygens (including phenoxy) is 11. The van der Waals surface area contributed by atoms with Crippen LogP contribution in [0.2, 0.25) is 0 Å². The summed E-state index contributed by atoms with van der Waals surface area (Å²) in [6.45, 7) is -3.25. The Bertz CT molecular complexity index is 2580. The predicted molar refractivity (Wildman–Crippen MR) is 251 cm³/mol. The Morgan fingerprint density at radius 2 is 1.14 bits per heavy atom. The van der Waals surface area contributed by atoms with Gasteiger partial charge in [-0.25, -0.2) is 4.79 Å². The van der Waals surface area contributed by atoms with E-state index in [1.807, 2.05) is 0 Å². The summed E-state index contributed by atoms with van der Waals surface area (Å²) >= 11 is 0. The van der Waals surface area contributed by atoms with Crippen molar-refractivity contribution in [3.05, 3.63) is 94.7 Å². The van der Waals surface area contributed by atoms with Crippen molar-refractivity contribution in [1.29, 1.82) is 0 Å². The van der Waals surface area contributed by atoms with Crippen molar-refractivity contribution in [2.45, 2.75) is 129 Å². The number of aliphatic hydroxyl groups excluding tert-OH is 15. The molecular weight excluding hydrogens is 1050 g/mol. The minimum absolute atomic E-state index is 0.0118. The fourth-order valence-corrected chi connectivity index (χ4v) is 8.94. The number of phenolic OH excluding ortho intramolecular Hbond substituents is 2. The molecule has 21 unspecified atom stereocenters. The highest BCUT2D eigenvalue weighted by molar-refractivity contribution is 5.87. The van der Waals surface area contributed by atoms with E-state index in [2.05, 4.69) is 0 Å². The quantitative estimate of drug-likeness (QED) is 0.0399. The maximum Gasteiger partial charge on any atom is 0.330 e. The molecule has 2 aromatic rings. The van der Waals surface area contributed by atoms with Crippen LogP contribution in [0.5, 0.6) is 23.0 Å². The number of hydrogen-bond donors (Lipinski definition) is 17. The molecule has 21 atom stereocenters. The summed E-state index contributed by atoms with van der Waals surface area (Å²) in [7, 11) is 1.28. The van der Waals surface area contributed by atoms with Crippen molar-refractivity contribution in [1.82, 2.24) is 0 Å². The molecule has 17 N–H and O–H groups in total. The number of carbonyl (C=O) groups is 1. The highest BCUT2D eigenvalue weighted by Crippen LogP contribution is 2.42. The van der Waals surface area contributed by atoms with Crippen molar-refractivity contribution < 1.29 is 144 Å². The lowest BCUT2D eigenvalue weighted by molar-refractivity contribution is -0.363. The lowest BCUT2D eigenvalue weighted by atomic mass is 9.95. The number of esters is 1. The molecule has 430 valence electrons. The molecule has 78 heavy (non-hydrogen) atoms. The fraction of sp³-hybridized carbons (Fsp3) is 0.531. The number of aliphatic hydroxyl groups is 15. The summed E-state index contributed by atoms with van der Waals surface area (Å²) in [5.41, 5.74) is 0.247. The Balaban J connectivity index is 1.07. The maximum atomic E-state index is 13.2. The summed E-state index contributed by atoms with van der Waals surface area (Å²) < 4.78 is 63.4. The van der Waals surface area contributed by atoms with Crippen molar-refractivity contribution in [3.8, 4) is 23.0 Å². The molecule has 4 fully saturated rings. The largest absolute Gasteiger partial charge is 0.508 e. The lowest BCUT2D eigenvalue weighted by Crippen LogP contribution is -2.64. The second kappa shape index (κ2) is 24.7. The minimum Gasteiger partial charge on any atom is -0.508 e. The van der Waals surface area contributed by atoms with E-state index in [4.69, 9.17) is 52.1 Å². The average molecular weight is 1110 g/mol. The molecule has 5 aliphatic heterocycles. The van der Waals surface area contributed by atoms with Gasteiger partial charge in [0.1, 0.15) is 116 Å². The van der Waals surface area contributed by atoms with Gasteiger partial charge in [0.15, 0.2) is 46.9 Å². The first-order valence-corrected chi connectivity index (χ1v) is 24.1. The third-order valence-corrected chi connectivity index (χ3v) is 13.4. The third-order valence-electron chi connectivity index (χ3n) is 13.4. The van der Waals surface area contributed by atoms with E-state index < -0.39 is 184 Å². The van der Waals surface area contributed by atoms with Crippen molar-refractivity contribution >= 4 is 17.8 Å². The maximum absolute atomic E-state index is 13.2. The Kier molecular flexibility index (Phi) is 18.5. The number of hydrogen-bond acceptors (Lipinski definition) is 29. The molecule has 4 saturated heterocycles. The SMILES string of the molecule is COc1cc(C=CC(=O)OCC2OC(OC3=C(c4ccc(O)c(O)c4)OC4C=C(O)C=C(OC5OC(CO)C(O)C(O)C5O)C4=C3)C(OC3OC(CO)C(O)C(O)C3O)C(O)C2O)ccc1OC1OC(CO)C(O)C(O)C1O. The van der Waals surface area contributed by atoms with Crippen molar-refractivity contribution in [3.63, 3.8) is 0 Å². The van der Waals surface area contributed by atoms with Crippen LogP contribution in [0.4, 0.5) is 0 Å². The monoisotopic (exact) mass is 1110 g/mol. The Hall–Kier alpha value is -5.75. The van der Waals surface area contributed by atoms with Crippen LogP contribution in [0.3, 0.4) is 0 Å². The molecule has 2 aromatic carbocycles. The van der Waals surface area contributed by atoms with Crippen LogP contribution in [-0.2, 0) is 47.4 Å². The molecule has 0 spiro atoms. The van der Waals surface area contributed by atoms with Gasteiger partial charge in [-0.2, -0.15) is 0 Å². The highest BCUT2D eigenvalue weighted by atomic mass is 16.8. The molecule has 0 radical (unpaired) electrons. The van der Waals surface area contributed by atoms with E-state index in [9.17, 15) is 91.6 Å². The molecule has 0 amide bonds. The van der Waals surface area contributed by atoms with E-state index in [0.29, 0.717) is 5.56 Å². The van der Waals surface area contributed by atoms with Crippen molar-refractivity contribution in [2.24, 2.45) is 0 Å². The first-order chi connectivity index (χ1) is 37.2. The van der Waals surface area contributed by atoms with E-state index in [0.717, 1.165) is 24.3 Å². The van der Waals surface area contributed by atoms with Crippen molar-refractivity contribution in [2.75, 3.05) is 33.5 Å². The highest BCUT2D eigenvalue weighted by Gasteiger charge is 2.53. The summed E-state index contributed by atoms with van der Waals surface area (Å²) in [4.78, 5) is 13.2. The third kappa shape index (κ3) is 12.2. The Morgan fingerprint density at radius 3 is 1.73 bits per heavy atom. The molecule has 6 aliphatic rings. The smallest absolute Gasteiger partial charge is 0.330 e. The Labute approximate surface area is 440 Å². The van der Waals surface area contributed by atoms with Crippen LogP contribution in [0, 0.1) is 0 Å². The predicted octanol–water partition coefficient (Wildman–Crippen LogP) is -5.66. The van der Waals surface area contributed by atoms with Gasteiger partial charge in [-0.05, 0) is 48.0 Å². The van der Waals surface area contributed by atoms with Crippen LogP contribution in [0.15, 0.2) is 83.6 Å². The fourth-order valence-electron chi connectivity index (χ4n) is 8.94. The summed E-state index contributed by atoms with van der Waals surface area (Å²) in [6.07, 6.45) is -31.7. The van der Waals surface area contributed by atoms with Gasteiger partial charge >= 0.3 is 5.97 Å². The summed E-state index contributed by atoms with van der Waals surface area (Å²) in [5, 5.41) is 178. The number of aromatic hydroxyl groups is 2. The number of carbonyl (C=O) groups excluding carboxylic acids is 1. The van der Waals surface area contributed by atoms with Gasteiger partial charge in [0, 0.05) is 29.4 Å². The average Bonchev–Trinajstić information content (AvgIpc) is 3.54. The van der Waals surface area contributed by atoms with Crippen LogP contribution in [-0.4, -0.2) is 255 Å². The van der Waals surface area contributed by atoms with Gasteiger partial charge < -0.3 is 139 Å². The number of allylic oxidation sites excluding steroid dienone is 2. The molecule has 1 aliphatic carbocycles. The van der Waals surface area contributed by atoms with Gasteiger partial charge in [-0.15, -0.1) is 0 Å². The zero-order valence-corrected chi connectivity index (χ0v) is 40.8. The molecule has 29 heteroatoms. The zero-order chi connectivity index (χ0) is 56.4. The topological polar surface area (TPSA) is 463 Å². The van der Waals surface area contributed by atoms with Gasteiger partial charge in [-0.1, -0.05) is 6.07 Å². The number of benzene rings is 2.